The van der Waals surface area contributed by atoms with Crippen LogP contribution >= 0.6 is 34.8 Å². The second kappa shape index (κ2) is 20.8. The van der Waals surface area contributed by atoms with Gasteiger partial charge in [-0.2, -0.15) is 0 Å². The fraction of sp³-hybridized carbons (Fsp3) is 1.00. The molecule has 0 heterocycles. The molecular weight excluding hydrogens is 382 g/mol. The van der Waals surface area contributed by atoms with Gasteiger partial charge in [-0.25, -0.2) is 8.42 Å². The second-order valence-corrected chi connectivity index (χ2v) is 7.69. The van der Waals surface area contributed by atoms with E-state index in [4.69, 9.17) is 34.8 Å². The molecule has 0 radical (unpaired) electrons. The SMILES string of the molecule is CCCCCCCCCCCCOS(=O)(=O)[O-].ClC(Cl)Cl.[Na+]. The van der Waals surface area contributed by atoms with Crippen LogP contribution in [0.25, 0.3) is 0 Å². The average molecular weight is 408 g/mol. The molecule has 0 spiro atoms. The van der Waals surface area contributed by atoms with Gasteiger partial charge in [-0.3, -0.25) is 4.18 Å². The fourth-order valence-electron chi connectivity index (χ4n) is 1.75. The molecule has 0 bridgehead atoms. The Morgan fingerprint density at radius 3 is 1.50 bits per heavy atom. The first-order chi connectivity index (χ1) is 9.79. The quantitative estimate of drug-likeness (QED) is 0.164. The standard InChI is InChI=1S/C12H26O4S.CHCl3.Na/c1-2-3-4-5-6-7-8-9-10-11-12-16-17(13,14)15;2-1(3)4;/h2-12H2,1H3,(H,13,14,15);1H;/q;;+1/p-1. The van der Waals surface area contributed by atoms with Crippen molar-refractivity contribution in [2.24, 2.45) is 0 Å². The van der Waals surface area contributed by atoms with Crippen molar-refractivity contribution in [3.8, 4) is 0 Å². The average Bonchev–Trinajstić information content (AvgIpc) is 2.34. The van der Waals surface area contributed by atoms with E-state index in [1.807, 2.05) is 0 Å². The summed E-state index contributed by atoms with van der Waals surface area (Å²) in [6, 6.07) is 0. The normalized spacial score (nSPS) is 10.8. The van der Waals surface area contributed by atoms with Crippen molar-refractivity contribution in [3.05, 3.63) is 0 Å². The third kappa shape index (κ3) is 37.7. The van der Waals surface area contributed by atoms with E-state index in [2.05, 4.69) is 11.1 Å². The third-order valence-electron chi connectivity index (χ3n) is 2.73. The van der Waals surface area contributed by atoms with Crippen LogP contribution in [0, 0.1) is 0 Å². The van der Waals surface area contributed by atoms with Gasteiger partial charge in [0.15, 0.2) is 4.30 Å². The van der Waals surface area contributed by atoms with Crippen LogP contribution in [0.3, 0.4) is 0 Å². The fourth-order valence-corrected chi connectivity index (χ4v) is 2.07. The molecule has 0 amide bonds. The number of unbranched alkanes of at least 4 members (excludes halogenated alkanes) is 9. The molecule has 4 nitrogen and oxygen atoms in total. The van der Waals surface area contributed by atoms with E-state index in [1.165, 1.54) is 44.9 Å². The van der Waals surface area contributed by atoms with E-state index in [-0.39, 0.29) is 36.2 Å². The molecule has 0 aromatic rings. The van der Waals surface area contributed by atoms with Gasteiger partial charge in [-0.15, -0.1) is 0 Å². The van der Waals surface area contributed by atoms with Crippen molar-refractivity contribution in [1.29, 1.82) is 0 Å². The molecule has 0 aliphatic heterocycles. The van der Waals surface area contributed by atoms with Crippen LogP contribution in [-0.4, -0.2) is 23.9 Å². The van der Waals surface area contributed by atoms with Crippen molar-refractivity contribution in [2.75, 3.05) is 6.61 Å². The molecular formula is C13H26Cl3NaO4S. The smallest absolute Gasteiger partial charge is 0.726 e. The van der Waals surface area contributed by atoms with E-state index in [1.54, 1.807) is 0 Å². The summed E-state index contributed by atoms with van der Waals surface area (Å²) in [5, 5.41) is 0. The number of alkyl halides is 3. The zero-order chi connectivity index (χ0) is 16.6. The molecule has 0 fully saturated rings. The van der Waals surface area contributed by atoms with Gasteiger partial charge >= 0.3 is 29.6 Å². The van der Waals surface area contributed by atoms with Crippen LogP contribution in [0.5, 0.6) is 0 Å². The van der Waals surface area contributed by atoms with E-state index < -0.39 is 14.7 Å². The van der Waals surface area contributed by atoms with Crippen molar-refractivity contribution in [3.63, 3.8) is 0 Å². The van der Waals surface area contributed by atoms with E-state index in [0.29, 0.717) is 6.42 Å². The van der Waals surface area contributed by atoms with Crippen molar-refractivity contribution < 1.29 is 46.7 Å². The van der Waals surface area contributed by atoms with Crippen LogP contribution in [0.2, 0.25) is 0 Å². The predicted molar refractivity (Wildman–Crippen MR) is 88.8 cm³/mol. The van der Waals surface area contributed by atoms with Gasteiger partial charge in [-0.05, 0) is 6.42 Å². The zero-order valence-electron chi connectivity index (χ0n) is 13.5. The summed E-state index contributed by atoms with van der Waals surface area (Å²) in [7, 11) is -4.48. The van der Waals surface area contributed by atoms with Crippen LogP contribution in [0.15, 0.2) is 0 Å². The molecule has 9 heteroatoms. The molecule has 0 saturated heterocycles. The first kappa shape index (κ1) is 28.5. The Balaban J connectivity index is -0.000000640. The van der Waals surface area contributed by atoms with Crippen LogP contribution in [0.4, 0.5) is 0 Å². The number of rotatable bonds is 12. The Hall–Kier alpha value is 1.74. The summed E-state index contributed by atoms with van der Waals surface area (Å²) < 4.78 is 33.7. The monoisotopic (exact) mass is 406 g/mol. The number of halogens is 3. The minimum atomic E-state index is -4.48. The summed E-state index contributed by atoms with van der Waals surface area (Å²) in [5.74, 6) is 0. The Kier molecular flexibility index (Phi) is 27.0. The van der Waals surface area contributed by atoms with E-state index in [0.717, 1.165) is 12.8 Å². The molecule has 130 valence electrons. The van der Waals surface area contributed by atoms with Crippen molar-refractivity contribution >= 4 is 45.2 Å². The zero-order valence-corrected chi connectivity index (χ0v) is 18.6. The maximum atomic E-state index is 10.1. The van der Waals surface area contributed by atoms with Gasteiger partial charge in [0, 0.05) is 0 Å². The molecule has 0 unspecified atom stereocenters. The second-order valence-electron chi connectivity index (χ2n) is 4.66. The first-order valence-corrected chi connectivity index (χ1v) is 9.96. The maximum absolute atomic E-state index is 10.1. The molecule has 0 N–H and O–H groups in total. The summed E-state index contributed by atoms with van der Waals surface area (Å²) in [6.07, 6.45) is 11.7. The molecule has 0 aromatic heterocycles. The van der Waals surface area contributed by atoms with Gasteiger partial charge in [0.1, 0.15) is 0 Å². The summed E-state index contributed by atoms with van der Waals surface area (Å²) in [5.41, 5.74) is 0. The van der Waals surface area contributed by atoms with E-state index >= 15 is 0 Å². The Morgan fingerprint density at radius 2 is 1.18 bits per heavy atom. The van der Waals surface area contributed by atoms with E-state index in [9.17, 15) is 13.0 Å². The Morgan fingerprint density at radius 1 is 0.864 bits per heavy atom. The molecule has 0 atom stereocenters. The molecule has 0 aliphatic rings. The van der Waals surface area contributed by atoms with Crippen molar-refractivity contribution in [1.82, 2.24) is 0 Å². The third-order valence-corrected chi connectivity index (χ3v) is 3.18. The molecule has 0 rings (SSSR count). The molecule has 0 aromatic carbocycles. The first-order valence-electron chi connectivity index (χ1n) is 7.32. The summed E-state index contributed by atoms with van der Waals surface area (Å²) in [4.78, 5) is 0. The summed E-state index contributed by atoms with van der Waals surface area (Å²) >= 11 is 14.4. The van der Waals surface area contributed by atoms with Gasteiger partial charge in [0.05, 0.1) is 6.61 Å². The largest absolute Gasteiger partial charge is 1.00 e. The van der Waals surface area contributed by atoms with Gasteiger partial charge in [0.2, 0.25) is 10.4 Å². The molecule has 22 heavy (non-hydrogen) atoms. The van der Waals surface area contributed by atoms with Gasteiger partial charge in [0.25, 0.3) is 0 Å². The van der Waals surface area contributed by atoms with Crippen molar-refractivity contribution in [2.45, 2.75) is 75.4 Å². The predicted octanol–water partition coefficient (Wildman–Crippen LogP) is 2.37. The molecule has 0 saturated carbocycles. The molecule has 0 aliphatic carbocycles. The Labute approximate surface area is 172 Å². The van der Waals surface area contributed by atoms with Crippen LogP contribution in [0.1, 0.15) is 71.1 Å². The number of hydrogen-bond acceptors (Lipinski definition) is 4. The van der Waals surface area contributed by atoms with Gasteiger partial charge < -0.3 is 4.55 Å². The summed E-state index contributed by atoms with van der Waals surface area (Å²) in [6.45, 7) is 2.24. The van der Waals surface area contributed by atoms with Gasteiger partial charge in [-0.1, -0.05) is 99.5 Å². The van der Waals surface area contributed by atoms with Crippen LogP contribution < -0.4 is 29.6 Å². The number of hydrogen-bond donors (Lipinski definition) is 0. The Bertz CT molecular complexity index is 301. The maximum Gasteiger partial charge on any atom is 1.00 e. The van der Waals surface area contributed by atoms with Crippen LogP contribution in [-0.2, 0) is 14.6 Å². The topological polar surface area (TPSA) is 66.4 Å². The minimum absolute atomic E-state index is 0. The minimum Gasteiger partial charge on any atom is -0.726 e.